The number of halogens is 1. The van der Waals surface area contributed by atoms with Crippen LogP contribution in [0.2, 0.25) is 0 Å². The average Bonchev–Trinajstić information content (AvgIpc) is 2.73. The standard InChI is InChI=1S/C21H31N3O5.ClH/c1-3-13(2)18(22)20(27)24-10-8-15(9-11-24)19(26)23-17(21(28)29)12-14-4-6-16(25)7-5-14;/h4-7,13,15,17-18,25H,3,8-12,22H2,1-2H3,(H,23,26)(H,28,29);1H/t13?,17-,18-;/m0./s1. The zero-order chi connectivity index (χ0) is 21.6. The van der Waals surface area contributed by atoms with E-state index in [1.165, 1.54) is 12.1 Å². The van der Waals surface area contributed by atoms with E-state index < -0.39 is 18.1 Å². The fourth-order valence-electron chi connectivity index (χ4n) is 3.43. The molecule has 1 saturated heterocycles. The Hall–Kier alpha value is -2.32. The third-order valence-corrected chi connectivity index (χ3v) is 5.71. The number of hydrogen-bond acceptors (Lipinski definition) is 5. The van der Waals surface area contributed by atoms with Gasteiger partial charge in [-0.2, -0.15) is 0 Å². The number of carboxylic acids is 1. The van der Waals surface area contributed by atoms with E-state index in [0.29, 0.717) is 31.5 Å². The van der Waals surface area contributed by atoms with Gasteiger partial charge in [-0.15, -0.1) is 12.4 Å². The number of phenols is 1. The SMILES string of the molecule is CCC(C)[C@H](N)C(=O)N1CCC(C(=O)N[C@@H](Cc2ccc(O)cc2)C(=O)O)CC1.Cl. The van der Waals surface area contributed by atoms with Gasteiger partial charge < -0.3 is 26.2 Å². The molecule has 2 amide bonds. The molecule has 1 fully saturated rings. The van der Waals surface area contributed by atoms with Gasteiger partial charge in [0, 0.05) is 25.4 Å². The molecule has 0 aliphatic carbocycles. The zero-order valence-corrected chi connectivity index (χ0v) is 18.2. The molecule has 30 heavy (non-hydrogen) atoms. The zero-order valence-electron chi connectivity index (χ0n) is 17.4. The van der Waals surface area contributed by atoms with E-state index in [9.17, 15) is 24.6 Å². The second-order valence-electron chi connectivity index (χ2n) is 7.78. The van der Waals surface area contributed by atoms with E-state index in [2.05, 4.69) is 5.32 Å². The lowest BCUT2D eigenvalue weighted by Gasteiger charge is -2.34. The summed E-state index contributed by atoms with van der Waals surface area (Å²) in [7, 11) is 0. The van der Waals surface area contributed by atoms with Crippen LogP contribution in [0.25, 0.3) is 0 Å². The van der Waals surface area contributed by atoms with Crippen LogP contribution < -0.4 is 11.1 Å². The molecule has 1 heterocycles. The second kappa shape index (κ2) is 11.8. The number of nitrogens with zero attached hydrogens (tertiary/aromatic N) is 1. The van der Waals surface area contributed by atoms with Crippen molar-refractivity contribution in [3.05, 3.63) is 29.8 Å². The summed E-state index contributed by atoms with van der Waals surface area (Å²) >= 11 is 0. The number of amides is 2. The maximum Gasteiger partial charge on any atom is 0.326 e. The van der Waals surface area contributed by atoms with Gasteiger partial charge in [0.2, 0.25) is 11.8 Å². The van der Waals surface area contributed by atoms with Crippen molar-refractivity contribution in [2.75, 3.05) is 13.1 Å². The lowest BCUT2D eigenvalue weighted by atomic mass is 9.93. The third-order valence-electron chi connectivity index (χ3n) is 5.71. The Bertz CT molecular complexity index is 720. The predicted octanol–water partition coefficient (Wildman–Crippen LogP) is 1.54. The molecule has 3 atom stereocenters. The van der Waals surface area contributed by atoms with E-state index in [1.807, 2.05) is 13.8 Å². The summed E-state index contributed by atoms with van der Waals surface area (Å²) in [5.74, 6) is -1.65. The van der Waals surface area contributed by atoms with Gasteiger partial charge in [0.05, 0.1) is 6.04 Å². The molecule has 5 N–H and O–H groups in total. The van der Waals surface area contributed by atoms with Gasteiger partial charge in [0.1, 0.15) is 11.8 Å². The van der Waals surface area contributed by atoms with Crippen molar-refractivity contribution < 1.29 is 24.6 Å². The summed E-state index contributed by atoms with van der Waals surface area (Å²) in [4.78, 5) is 38.3. The maximum atomic E-state index is 12.6. The molecule has 9 heteroatoms. The van der Waals surface area contributed by atoms with Gasteiger partial charge >= 0.3 is 5.97 Å². The molecule has 1 unspecified atom stereocenters. The molecule has 0 aromatic heterocycles. The van der Waals surface area contributed by atoms with Crippen LogP contribution >= 0.6 is 12.4 Å². The molecule has 8 nitrogen and oxygen atoms in total. The van der Waals surface area contributed by atoms with Gasteiger partial charge in [0.15, 0.2) is 0 Å². The second-order valence-corrected chi connectivity index (χ2v) is 7.78. The molecular weight excluding hydrogens is 410 g/mol. The first kappa shape index (κ1) is 25.7. The number of benzene rings is 1. The van der Waals surface area contributed by atoms with E-state index in [4.69, 9.17) is 5.73 Å². The number of rotatable bonds is 8. The highest BCUT2D eigenvalue weighted by Crippen LogP contribution is 2.20. The lowest BCUT2D eigenvalue weighted by Crippen LogP contribution is -2.52. The van der Waals surface area contributed by atoms with Gasteiger partial charge in [-0.1, -0.05) is 32.4 Å². The first-order chi connectivity index (χ1) is 13.7. The maximum absolute atomic E-state index is 12.6. The number of phenolic OH excluding ortho intramolecular Hbond substituents is 1. The van der Waals surface area contributed by atoms with Crippen molar-refractivity contribution in [3.63, 3.8) is 0 Å². The molecule has 1 aliphatic rings. The van der Waals surface area contributed by atoms with Crippen LogP contribution in [0.15, 0.2) is 24.3 Å². The number of nitrogens with two attached hydrogens (primary N) is 1. The molecule has 2 rings (SSSR count). The van der Waals surface area contributed by atoms with Gasteiger partial charge in [0.25, 0.3) is 0 Å². The molecule has 1 aliphatic heterocycles. The minimum absolute atomic E-state index is 0. The lowest BCUT2D eigenvalue weighted by molar-refractivity contribution is -0.143. The smallest absolute Gasteiger partial charge is 0.326 e. The largest absolute Gasteiger partial charge is 0.508 e. The summed E-state index contributed by atoms with van der Waals surface area (Å²) in [5, 5.41) is 21.4. The van der Waals surface area contributed by atoms with Crippen LogP contribution in [0.1, 0.15) is 38.7 Å². The van der Waals surface area contributed by atoms with E-state index in [1.54, 1.807) is 17.0 Å². The number of carbonyl (C=O) groups excluding carboxylic acids is 2. The van der Waals surface area contributed by atoms with Crippen molar-refractivity contribution >= 4 is 30.2 Å². The Labute approximate surface area is 183 Å². The fourth-order valence-corrected chi connectivity index (χ4v) is 3.43. The van der Waals surface area contributed by atoms with Crippen LogP contribution in [0, 0.1) is 11.8 Å². The number of aliphatic carboxylic acids is 1. The number of carboxylic acid groups (broad SMARTS) is 1. The number of aromatic hydroxyl groups is 1. The molecule has 0 spiro atoms. The number of piperidine rings is 1. The Morgan fingerprint density at radius 3 is 2.27 bits per heavy atom. The Morgan fingerprint density at radius 1 is 1.20 bits per heavy atom. The quantitative estimate of drug-likeness (QED) is 0.483. The Balaban J connectivity index is 0.00000450. The number of hydrogen-bond donors (Lipinski definition) is 4. The molecular formula is C21H32ClN3O5. The van der Waals surface area contributed by atoms with Crippen LogP contribution in [0.3, 0.4) is 0 Å². The van der Waals surface area contributed by atoms with Crippen LogP contribution in [0.4, 0.5) is 0 Å². The first-order valence-corrected chi connectivity index (χ1v) is 10.1. The van der Waals surface area contributed by atoms with Crippen molar-refractivity contribution in [2.24, 2.45) is 17.6 Å². The summed E-state index contributed by atoms with van der Waals surface area (Å²) < 4.78 is 0. The Kier molecular flexibility index (Phi) is 10.1. The summed E-state index contributed by atoms with van der Waals surface area (Å²) in [5.41, 5.74) is 6.73. The van der Waals surface area contributed by atoms with Crippen molar-refractivity contribution in [1.29, 1.82) is 0 Å². The number of nitrogens with one attached hydrogen (secondary N) is 1. The average molecular weight is 442 g/mol. The first-order valence-electron chi connectivity index (χ1n) is 10.1. The minimum Gasteiger partial charge on any atom is -0.508 e. The molecule has 1 aromatic carbocycles. The van der Waals surface area contributed by atoms with Gasteiger partial charge in [-0.25, -0.2) is 4.79 Å². The van der Waals surface area contributed by atoms with Crippen LogP contribution in [0.5, 0.6) is 5.75 Å². The normalized spacial score (nSPS) is 17.4. The van der Waals surface area contributed by atoms with Crippen molar-refractivity contribution in [1.82, 2.24) is 10.2 Å². The van der Waals surface area contributed by atoms with Crippen LogP contribution in [-0.4, -0.2) is 58.1 Å². The molecule has 168 valence electrons. The number of likely N-dealkylation sites (tertiary alicyclic amines) is 1. The highest BCUT2D eigenvalue weighted by Gasteiger charge is 2.32. The molecule has 1 aromatic rings. The minimum atomic E-state index is -1.11. The third kappa shape index (κ3) is 6.88. The fraction of sp³-hybridized carbons (Fsp3) is 0.571. The Morgan fingerprint density at radius 2 is 1.77 bits per heavy atom. The number of carbonyl (C=O) groups is 3. The monoisotopic (exact) mass is 441 g/mol. The predicted molar refractivity (Wildman–Crippen MR) is 115 cm³/mol. The van der Waals surface area contributed by atoms with Gasteiger partial charge in [-0.05, 0) is 36.5 Å². The van der Waals surface area contributed by atoms with Crippen molar-refractivity contribution in [2.45, 2.75) is 51.6 Å². The van der Waals surface area contributed by atoms with E-state index in [-0.39, 0.29) is 48.2 Å². The van der Waals surface area contributed by atoms with E-state index in [0.717, 1.165) is 6.42 Å². The van der Waals surface area contributed by atoms with Crippen molar-refractivity contribution in [3.8, 4) is 5.75 Å². The topological polar surface area (TPSA) is 133 Å². The highest BCUT2D eigenvalue weighted by molar-refractivity contribution is 5.86. The molecule has 0 saturated carbocycles. The van der Waals surface area contributed by atoms with E-state index >= 15 is 0 Å². The summed E-state index contributed by atoms with van der Waals surface area (Å²) in [6, 6.07) is 4.63. The van der Waals surface area contributed by atoms with Gasteiger partial charge in [-0.3, -0.25) is 9.59 Å². The molecule has 0 bridgehead atoms. The molecule has 0 radical (unpaired) electrons. The summed E-state index contributed by atoms with van der Waals surface area (Å²) in [6.45, 7) is 4.82. The van der Waals surface area contributed by atoms with Crippen LogP contribution in [-0.2, 0) is 20.8 Å². The highest BCUT2D eigenvalue weighted by atomic mass is 35.5. The summed E-state index contributed by atoms with van der Waals surface area (Å²) in [6.07, 6.45) is 1.92.